The van der Waals surface area contributed by atoms with E-state index in [0.717, 1.165) is 23.0 Å². The van der Waals surface area contributed by atoms with E-state index in [1.165, 1.54) is 5.56 Å². The van der Waals surface area contributed by atoms with Crippen LogP contribution in [0.3, 0.4) is 0 Å². The summed E-state index contributed by atoms with van der Waals surface area (Å²) < 4.78 is 1.98. The molecule has 4 heteroatoms. The summed E-state index contributed by atoms with van der Waals surface area (Å²) in [7, 11) is 0. The van der Waals surface area contributed by atoms with Crippen molar-refractivity contribution in [3.8, 4) is 0 Å². The number of nitrogens with zero attached hydrogens (tertiary/aromatic N) is 3. The Bertz CT molecular complexity index is 746. The normalized spacial score (nSPS) is 11.4. The van der Waals surface area contributed by atoms with E-state index in [9.17, 15) is 0 Å². The van der Waals surface area contributed by atoms with Crippen molar-refractivity contribution in [3.05, 3.63) is 59.7 Å². The predicted octanol–water partition coefficient (Wildman–Crippen LogP) is 3.57. The van der Waals surface area contributed by atoms with Gasteiger partial charge in [0.15, 0.2) is 0 Å². The molecule has 1 heterocycles. The number of fused-ring (bicyclic) bond motifs is 1. The standard InChI is InChI=1S/C17H18N3.Ir/c1-4-13-8-7-9-14(12-13)17(2,3)20-16-11-6-5-10-15(16)18-19-20;/h5-11H,4H2,1-3H3;/q-1;. The molecule has 111 valence electrons. The molecule has 0 aliphatic carbocycles. The van der Waals surface area contributed by atoms with Crippen molar-refractivity contribution in [1.29, 1.82) is 0 Å². The fourth-order valence-corrected chi connectivity index (χ4v) is 2.48. The summed E-state index contributed by atoms with van der Waals surface area (Å²) in [6, 6.07) is 17.9. The zero-order valence-electron chi connectivity index (χ0n) is 12.4. The summed E-state index contributed by atoms with van der Waals surface area (Å²) in [6.45, 7) is 6.45. The van der Waals surface area contributed by atoms with Gasteiger partial charge in [-0.3, -0.25) is 0 Å². The fourth-order valence-electron chi connectivity index (χ4n) is 2.48. The summed E-state index contributed by atoms with van der Waals surface area (Å²) in [4.78, 5) is 0. The van der Waals surface area contributed by atoms with Gasteiger partial charge in [0, 0.05) is 20.1 Å². The largest absolute Gasteiger partial charge is 0.237 e. The molecule has 21 heavy (non-hydrogen) atoms. The van der Waals surface area contributed by atoms with Crippen LogP contribution in [-0.2, 0) is 32.1 Å². The minimum absolute atomic E-state index is 0. The van der Waals surface area contributed by atoms with Crippen molar-refractivity contribution in [3.63, 3.8) is 0 Å². The average molecular weight is 457 g/mol. The summed E-state index contributed by atoms with van der Waals surface area (Å²) in [6.07, 6.45) is 0.988. The second kappa shape index (κ2) is 6.08. The molecule has 0 unspecified atom stereocenters. The number of hydrogen-bond acceptors (Lipinski definition) is 2. The molecular formula is C17H18IrN3-. The van der Waals surface area contributed by atoms with Crippen LogP contribution in [0.25, 0.3) is 11.0 Å². The molecular weight excluding hydrogens is 438 g/mol. The van der Waals surface area contributed by atoms with Gasteiger partial charge >= 0.3 is 0 Å². The van der Waals surface area contributed by atoms with Crippen molar-refractivity contribution in [1.82, 2.24) is 15.0 Å². The van der Waals surface area contributed by atoms with E-state index < -0.39 is 0 Å². The van der Waals surface area contributed by atoms with Gasteiger partial charge < -0.3 is 0 Å². The van der Waals surface area contributed by atoms with E-state index in [-0.39, 0.29) is 25.6 Å². The van der Waals surface area contributed by atoms with E-state index in [0.29, 0.717) is 0 Å². The molecule has 0 atom stereocenters. The molecule has 0 aliphatic heterocycles. The van der Waals surface area contributed by atoms with Crippen molar-refractivity contribution < 1.29 is 20.1 Å². The third kappa shape index (κ3) is 2.78. The van der Waals surface area contributed by atoms with E-state index >= 15 is 0 Å². The van der Waals surface area contributed by atoms with Gasteiger partial charge in [0.05, 0.1) is 11.1 Å². The molecule has 0 bridgehead atoms. The molecule has 3 nitrogen and oxygen atoms in total. The number of para-hydroxylation sites is 1. The summed E-state index contributed by atoms with van der Waals surface area (Å²) in [5.41, 5.74) is 4.05. The van der Waals surface area contributed by atoms with Crippen LogP contribution < -0.4 is 0 Å². The zero-order valence-corrected chi connectivity index (χ0v) is 14.8. The van der Waals surface area contributed by atoms with Crippen LogP contribution in [-0.4, -0.2) is 15.0 Å². The first kappa shape index (κ1) is 15.9. The zero-order chi connectivity index (χ0) is 14.2. The Morgan fingerprint density at radius 2 is 1.86 bits per heavy atom. The molecule has 1 radical (unpaired) electrons. The molecule has 0 saturated carbocycles. The first-order valence-electron chi connectivity index (χ1n) is 6.95. The maximum absolute atomic E-state index is 4.35. The Balaban J connectivity index is 0.00000161. The van der Waals surface area contributed by atoms with E-state index in [1.807, 2.05) is 22.9 Å². The van der Waals surface area contributed by atoms with Crippen molar-refractivity contribution in [2.24, 2.45) is 0 Å². The van der Waals surface area contributed by atoms with Gasteiger partial charge in [-0.2, -0.15) is 29.8 Å². The first-order valence-corrected chi connectivity index (χ1v) is 6.95. The fraction of sp³-hybridized carbons (Fsp3) is 0.294. The van der Waals surface area contributed by atoms with Crippen LogP contribution in [0.4, 0.5) is 0 Å². The minimum atomic E-state index is -0.277. The average Bonchev–Trinajstić information content (AvgIpc) is 2.92. The quantitative estimate of drug-likeness (QED) is 0.564. The van der Waals surface area contributed by atoms with Crippen LogP contribution in [0.2, 0.25) is 0 Å². The SMILES string of the molecule is CCc1[c-]c(C(C)(C)n2nnc3ccccc32)ccc1.[Ir]. The predicted molar refractivity (Wildman–Crippen MR) is 80.6 cm³/mol. The molecule has 0 N–H and O–H groups in total. The number of aromatic nitrogens is 3. The summed E-state index contributed by atoms with van der Waals surface area (Å²) >= 11 is 0. The van der Waals surface area contributed by atoms with Gasteiger partial charge in [-0.1, -0.05) is 30.7 Å². The Morgan fingerprint density at radius 1 is 1.10 bits per heavy atom. The van der Waals surface area contributed by atoms with Gasteiger partial charge in [-0.15, -0.1) is 10.7 Å². The number of benzene rings is 2. The Morgan fingerprint density at radius 3 is 2.62 bits per heavy atom. The molecule has 3 aromatic rings. The Labute approximate surface area is 138 Å². The Hall–Kier alpha value is -1.51. The molecule has 0 aliphatic rings. The van der Waals surface area contributed by atoms with Crippen LogP contribution >= 0.6 is 0 Å². The van der Waals surface area contributed by atoms with Crippen molar-refractivity contribution >= 4 is 11.0 Å². The van der Waals surface area contributed by atoms with Gasteiger partial charge in [-0.05, 0) is 26.0 Å². The van der Waals surface area contributed by atoms with Gasteiger partial charge in [0.2, 0.25) is 0 Å². The smallest absolute Gasteiger partial charge is 0.113 e. The van der Waals surface area contributed by atoms with E-state index in [4.69, 9.17) is 0 Å². The molecule has 2 aromatic carbocycles. The van der Waals surface area contributed by atoms with Crippen molar-refractivity contribution in [2.75, 3.05) is 0 Å². The summed E-state index contributed by atoms with van der Waals surface area (Å²) in [5, 5.41) is 8.60. The number of rotatable bonds is 3. The maximum atomic E-state index is 4.35. The molecule has 0 amide bonds. The Kier molecular flexibility index (Phi) is 4.60. The number of hydrogen-bond donors (Lipinski definition) is 0. The monoisotopic (exact) mass is 457 g/mol. The topological polar surface area (TPSA) is 30.7 Å². The van der Waals surface area contributed by atoms with Crippen LogP contribution in [0.15, 0.2) is 42.5 Å². The molecule has 0 fully saturated rings. The van der Waals surface area contributed by atoms with Gasteiger partial charge in [0.25, 0.3) is 0 Å². The molecule has 0 saturated heterocycles. The van der Waals surface area contributed by atoms with Crippen LogP contribution in [0.1, 0.15) is 31.9 Å². The van der Waals surface area contributed by atoms with Crippen molar-refractivity contribution in [2.45, 2.75) is 32.7 Å². The number of aryl methyl sites for hydroxylation is 1. The third-order valence-electron chi connectivity index (χ3n) is 3.78. The first-order chi connectivity index (χ1) is 9.63. The maximum Gasteiger partial charge on any atom is 0.113 e. The second-order valence-corrected chi connectivity index (χ2v) is 5.49. The molecule has 3 rings (SSSR count). The van der Waals surface area contributed by atoms with Gasteiger partial charge in [-0.25, -0.2) is 4.68 Å². The third-order valence-corrected chi connectivity index (χ3v) is 3.78. The second-order valence-electron chi connectivity index (χ2n) is 5.49. The minimum Gasteiger partial charge on any atom is -0.237 e. The van der Waals surface area contributed by atoms with E-state index in [1.54, 1.807) is 0 Å². The van der Waals surface area contributed by atoms with Crippen LogP contribution in [0.5, 0.6) is 0 Å². The van der Waals surface area contributed by atoms with Crippen LogP contribution in [0, 0.1) is 6.07 Å². The van der Waals surface area contributed by atoms with E-state index in [2.05, 4.69) is 61.4 Å². The molecule has 1 aromatic heterocycles. The summed E-state index contributed by atoms with van der Waals surface area (Å²) in [5.74, 6) is 0. The van der Waals surface area contributed by atoms with Gasteiger partial charge in [0.1, 0.15) is 5.52 Å². The molecule has 0 spiro atoms.